The molecule has 0 saturated carbocycles. The smallest absolute Gasteiger partial charge is 0.0772 e. The Labute approximate surface area is 96.1 Å². The SMILES string of the molecule is CC1(O)CCN(c2cccnc2CN)CC1. The monoisotopic (exact) mass is 221 g/mol. The zero-order valence-electron chi connectivity index (χ0n) is 9.69. The van der Waals surface area contributed by atoms with Crippen molar-refractivity contribution in [1.82, 2.24) is 4.98 Å². The highest BCUT2D eigenvalue weighted by atomic mass is 16.3. The summed E-state index contributed by atoms with van der Waals surface area (Å²) in [5.74, 6) is 0. The summed E-state index contributed by atoms with van der Waals surface area (Å²) < 4.78 is 0. The lowest BCUT2D eigenvalue weighted by atomic mass is 9.93. The quantitative estimate of drug-likeness (QED) is 0.778. The van der Waals surface area contributed by atoms with Gasteiger partial charge in [0, 0.05) is 25.8 Å². The molecule has 0 amide bonds. The van der Waals surface area contributed by atoms with Crippen molar-refractivity contribution in [2.45, 2.75) is 31.9 Å². The molecule has 4 nitrogen and oxygen atoms in total. The second kappa shape index (κ2) is 4.39. The van der Waals surface area contributed by atoms with Crippen LogP contribution in [0.25, 0.3) is 0 Å². The van der Waals surface area contributed by atoms with Gasteiger partial charge < -0.3 is 15.7 Å². The number of anilines is 1. The third-order valence-electron chi connectivity index (χ3n) is 3.24. The van der Waals surface area contributed by atoms with Crippen molar-refractivity contribution in [2.24, 2.45) is 5.73 Å². The van der Waals surface area contributed by atoms with Gasteiger partial charge in [0.1, 0.15) is 0 Å². The van der Waals surface area contributed by atoms with Crippen LogP contribution in [0.2, 0.25) is 0 Å². The van der Waals surface area contributed by atoms with Crippen molar-refractivity contribution in [3.63, 3.8) is 0 Å². The van der Waals surface area contributed by atoms with Crippen LogP contribution in [-0.2, 0) is 6.54 Å². The Balaban J connectivity index is 2.14. The highest BCUT2D eigenvalue weighted by Gasteiger charge is 2.28. The van der Waals surface area contributed by atoms with Gasteiger partial charge in [-0.3, -0.25) is 4.98 Å². The number of aromatic nitrogens is 1. The molecule has 88 valence electrons. The van der Waals surface area contributed by atoms with Gasteiger partial charge in [0.25, 0.3) is 0 Å². The van der Waals surface area contributed by atoms with E-state index in [4.69, 9.17) is 5.73 Å². The van der Waals surface area contributed by atoms with E-state index in [1.807, 2.05) is 13.0 Å². The van der Waals surface area contributed by atoms with Crippen molar-refractivity contribution in [3.05, 3.63) is 24.0 Å². The summed E-state index contributed by atoms with van der Waals surface area (Å²) >= 11 is 0. The maximum atomic E-state index is 9.90. The van der Waals surface area contributed by atoms with Gasteiger partial charge in [-0.05, 0) is 31.9 Å². The van der Waals surface area contributed by atoms with Crippen molar-refractivity contribution in [3.8, 4) is 0 Å². The average molecular weight is 221 g/mol. The summed E-state index contributed by atoms with van der Waals surface area (Å²) in [5.41, 5.74) is 7.21. The Bertz CT molecular complexity index is 355. The molecular weight excluding hydrogens is 202 g/mol. The molecule has 3 N–H and O–H groups in total. The van der Waals surface area contributed by atoms with Crippen LogP contribution in [0, 0.1) is 0 Å². The molecule has 1 aliphatic rings. The standard InChI is InChI=1S/C12H19N3O/c1-12(16)4-7-15(8-5-12)11-3-2-6-14-10(11)9-13/h2-3,6,16H,4-5,7-9,13H2,1H3. The Morgan fingerprint density at radius 1 is 1.50 bits per heavy atom. The summed E-state index contributed by atoms with van der Waals surface area (Å²) in [4.78, 5) is 6.54. The third-order valence-corrected chi connectivity index (χ3v) is 3.24. The molecule has 2 rings (SSSR count). The lowest BCUT2D eigenvalue weighted by Gasteiger charge is -2.37. The molecule has 4 heteroatoms. The number of rotatable bonds is 2. The average Bonchev–Trinajstić information content (AvgIpc) is 2.29. The number of nitrogens with two attached hydrogens (primary N) is 1. The Morgan fingerprint density at radius 3 is 2.81 bits per heavy atom. The van der Waals surface area contributed by atoms with E-state index in [2.05, 4.69) is 16.0 Å². The Morgan fingerprint density at radius 2 is 2.19 bits per heavy atom. The van der Waals surface area contributed by atoms with Crippen molar-refractivity contribution in [2.75, 3.05) is 18.0 Å². The van der Waals surface area contributed by atoms with Crippen molar-refractivity contribution in [1.29, 1.82) is 0 Å². The van der Waals surface area contributed by atoms with Crippen molar-refractivity contribution < 1.29 is 5.11 Å². The molecule has 2 heterocycles. The molecule has 0 radical (unpaired) electrons. The first-order valence-corrected chi connectivity index (χ1v) is 5.74. The number of pyridine rings is 1. The predicted molar refractivity (Wildman–Crippen MR) is 64.2 cm³/mol. The lowest BCUT2D eigenvalue weighted by molar-refractivity contribution is 0.0351. The van der Waals surface area contributed by atoms with E-state index >= 15 is 0 Å². The Hall–Kier alpha value is -1.13. The fourth-order valence-electron chi connectivity index (χ4n) is 2.10. The first-order valence-electron chi connectivity index (χ1n) is 5.74. The molecule has 1 aliphatic heterocycles. The largest absolute Gasteiger partial charge is 0.390 e. The first-order chi connectivity index (χ1) is 7.62. The molecule has 0 bridgehead atoms. The lowest BCUT2D eigenvalue weighted by Crippen LogP contribution is -2.42. The molecule has 0 aromatic carbocycles. The fraction of sp³-hybridized carbons (Fsp3) is 0.583. The second-order valence-electron chi connectivity index (χ2n) is 4.66. The van der Waals surface area contributed by atoms with Gasteiger partial charge in [0.05, 0.1) is 17.0 Å². The number of aliphatic hydroxyl groups is 1. The van der Waals surface area contributed by atoms with Crippen LogP contribution in [0.5, 0.6) is 0 Å². The van der Waals surface area contributed by atoms with Gasteiger partial charge >= 0.3 is 0 Å². The fourth-order valence-corrected chi connectivity index (χ4v) is 2.10. The third kappa shape index (κ3) is 2.33. The molecule has 0 aliphatic carbocycles. The maximum absolute atomic E-state index is 9.90. The summed E-state index contributed by atoms with van der Waals surface area (Å²) in [7, 11) is 0. The van der Waals surface area contributed by atoms with E-state index in [1.54, 1.807) is 6.20 Å². The van der Waals surface area contributed by atoms with E-state index in [1.165, 1.54) is 0 Å². The molecule has 1 aromatic rings. The van der Waals surface area contributed by atoms with Gasteiger partial charge in [0.2, 0.25) is 0 Å². The van der Waals surface area contributed by atoms with Gasteiger partial charge in [-0.1, -0.05) is 0 Å². The number of hydrogen-bond acceptors (Lipinski definition) is 4. The minimum atomic E-state index is -0.512. The van der Waals surface area contributed by atoms with Crippen LogP contribution in [-0.4, -0.2) is 28.8 Å². The van der Waals surface area contributed by atoms with Crippen LogP contribution in [0.15, 0.2) is 18.3 Å². The molecule has 0 unspecified atom stereocenters. The van der Waals surface area contributed by atoms with E-state index in [-0.39, 0.29) is 0 Å². The van der Waals surface area contributed by atoms with Crippen LogP contribution in [0.1, 0.15) is 25.5 Å². The molecule has 0 spiro atoms. The molecule has 1 fully saturated rings. The maximum Gasteiger partial charge on any atom is 0.0772 e. The predicted octanol–water partition coefficient (Wildman–Crippen LogP) is 0.891. The zero-order valence-corrected chi connectivity index (χ0v) is 9.69. The van der Waals surface area contributed by atoms with Gasteiger partial charge in [-0.2, -0.15) is 0 Å². The summed E-state index contributed by atoms with van der Waals surface area (Å²) in [5, 5.41) is 9.90. The van der Waals surface area contributed by atoms with E-state index in [0.717, 1.165) is 37.3 Å². The molecule has 1 saturated heterocycles. The van der Waals surface area contributed by atoms with Crippen LogP contribution < -0.4 is 10.6 Å². The number of nitrogens with zero attached hydrogens (tertiary/aromatic N) is 2. The minimum absolute atomic E-state index is 0.461. The molecule has 0 atom stereocenters. The van der Waals surface area contributed by atoms with E-state index < -0.39 is 5.60 Å². The van der Waals surface area contributed by atoms with Crippen LogP contribution >= 0.6 is 0 Å². The zero-order chi connectivity index (χ0) is 11.6. The normalized spacial score (nSPS) is 19.8. The minimum Gasteiger partial charge on any atom is -0.390 e. The van der Waals surface area contributed by atoms with E-state index in [0.29, 0.717) is 6.54 Å². The summed E-state index contributed by atoms with van der Waals surface area (Å²) in [6.45, 7) is 4.10. The van der Waals surface area contributed by atoms with Gasteiger partial charge in [0.15, 0.2) is 0 Å². The Kier molecular flexibility index (Phi) is 3.12. The number of piperidine rings is 1. The highest BCUT2D eigenvalue weighted by molar-refractivity contribution is 5.50. The summed E-state index contributed by atoms with van der Waals surface area (Å²) in [6, 6.07) is 3.98. The van der Waals surface area contributed by atoms with Crippen LogP contribution in [0.4, 0.5) is 5.69 Å². The molecule has 16 heavy (non-hydrogen) atoms. The second-order valence-corrected chi connectivity index (χ2v) is 4.66. The molecular formula is C12H19N3O. The number of hydrogen-bond donors (Lipinski definition) is 2. The van der Waals surface area contributed by atoms with E-state index in [9.17, 15) is 5.11 Å². The summed E-state index contributed by atoms with van der Waals surface area (Å²) in [6.07, 6.45) is 3.36. The van der Waals surface area contributed by atoms with Crippen molar-refractivity contribution >= 4 is 5.69 Å². The topological polar surface area (TPSA) is 62.4 Å². The highest BCUT2D eigenvalue weighted by Crippen LogP contribution is 2.27. The first kappa shape index (κ1) is 11.4. The van der Waals surface area contributed by atoms with Gasteiger partial charge in [-0.15, -0.1) is 0 Å². The molecule has 1 aromatic heterocycles. The van der Waals surface area contributed by atoms with Gasteiger partial charge in [-0.25, -0.2) is 0 Å². The van der Waals surface area contributed by atoms with Crippen LogP contribution in [0.3, 0.4) is 0 Å².